The normalized spacial score (nSPS) is 10.4. The molecule has 0 radical (unpaired) electrons. The Labute approximate surface area is 156 Å². The molecule has 3 rings (SSSR count). The third-order valence-corrected chi connectivity index (χ3v) is 3.99. The fourth-order valence-corrected chi connectivity index (χ4v) is 2.67. The molecular weight excluding hydrogens is 354 g/mol. The van der Waals surface area contributed by atoms with Gasteiger partial charge in [0.2, 0.25) is 0 Å². The lowest BCUT2D eigenvalue weighted by atomic mass is 10.1. The highest BCUT2D eigenvalue weighted by atomic mass is 35.5. The van der Waals surface area contributed by atoms with Crippen LogP contribution in [-0.2, 0) is 0 Å². The first-order chi connectivity index (χ1) is 12.6. The van der Waals surface area contributed by atoms with E-state index in [0.29, 0.717) is 34.5 Å². The van der Waals surface area contributed by atoms with Gasteiger partial charge in [0, 0.05) is 11.3 Å². The molecule has 7 heteroatoms. The summed E-state index contributed by atoms with van der Waals surface area (Å²) in [4.78, 5) is 12.4. The number of halogens is 1. The van der Waals surface area contributed by atoms with Crippen molar-refractivity contribution in [2.45, 2.75) is 6.92 Å². The lowest BCUT2D eigenvalue weighted by molar-refractivity contribution is 0.102. The highest BCUT2D eigenvalue weighted by molar-refractivity contribution is 6.32. The van der Waals surface area contributed by atoms with E-state index in [-0.39, 0.29) is 5.91 Å². The number of carbonyl (C=O) groups is 1. The highest BCUT2D eigenvalue weighted by Gasteiger charge is 2.12. The smallest absolute Gasteiger partial charge is 0.273 e. The van der Waals surface area contributed by atoms with Crippen LogP contribution in [0.25, 0.3) is 11.3 Å². The Morgan fingerprint density at radius 1 is 1.19 bits per heavy atom. The van der Waals surface area contributed by atoms with Gasteiger partial charge in [-0.25, -0.2) is 0 Å². The van der Waals surface area contributed by atoms with Crippen LogP contribution in [0, 0.1) is 0 Å². The number of anilines is 1. The van der Waals surface area contributed by atoms with E-state index >= 15 is 0 Å². The number of ether oxygens (including phenoxy) is 2. The highest BCUT2D eigenvalue weighted by Crippen LogP contribution is 2.27. The molecule has 0 spiro atoms. The average molecular weight is 372 g/mol. The second-order valence-corrected chi connectivity index (χ2v) is 5.83. The second kappa shape index (κ2) is 7.93. The molecule has 0 aliphatic carbocycles. The Morgan fingerprint density at radius 2 is 1.96 bits per heavy atom. The Bertz CT molecular complexity index is 907. The maximum Gasteiger partial charge on any atom is 0.273 e. The molecule has 1 aromatic heterocycles. The SMILES string of the molecule is CCOc1ccc(-c2cc(C(=O)Nc3ccc(OC)c(Cl)c3)[nH]n2)cc1. The minimum atomic E-state index is -0.309. The molecule has 0 saturated carbocycles. The van der Waals surface area contributed by atoms with Crippen LogP contribution in [0.4, 0.5) is 5.69 Å². The molecule has 0 unspecified atom stereocenters. The molecule has 2 aromatic carbocycles. The van der Waals surface area contributed by atoms with Crippen LogP contribution in [-0.4, -0.2) is 29.8 Å². The summed E-state index contributed by atoms with van der Waals surface area (Å²) >= 11 is 6.07. The quantitative estimate of drug-likeness (QED) is 0.673. The Balaban J connectivity index is 1.72. The van der Waals surface area contributed by atoms with Gasteiger partial charge in [-0.1, -0.05) is 11.6 Å². The fraction of sp³-hybridized carbons (Fsp3) is 0.158. The predicted octanol–water partition coefficient (Wildman–Crippen LogP) is 4.39. The second-order valence-electron chi connectivity index (χ2n) is 5.43. The van der Waals surface area contributed by atoms with Crippen molar-refractivity contribution in [2.24, 2.45) is 0 Å². The van der Waals surface area contributed by atoms with Crippen LogP contribution >= 0.6 is 11.6 Å². The van der Waals surface area contributed by atoms with E-state index < -0.39 is 0 Å². The Morgan fingerprint density at radius 3 is 2.62 bits per heavy atom. The lowest BCUT2D eigenvalue weighted by Crippen LogP contribution is -2.12. The maximum absolute atomic E-state index is 12.4. The van der Waals surface area contributed by atoms with Gasteiger partial charge in [0.25, 0.3) is 5.91 Å². The Kier molecular flexibility index (Phi) is 5.43. The van der Waals surface area contributed by atoms with Gasteiger partial charge in [0.1, 0.15) is 17.2 Å². The van der Waals surface area contributed by atoms with Gasteiger partial charge < -0.3 is 14.8 Å². The number of nitrogens with one attached hydrogen (secondary N) is 2. The van der Waals surface area contributed by atoms with Crippen molar-refractivity contribution < 1.29 is 14.3 Å². The third kappa shape index (κ3) is 3.97. The van der Waals surface area contributed by atoms with Crippen molar-refractivity contribution in [2.75, 3.05) is 19.0 Å². The summed E-state index contributed by atoms with van der Waals surface area (Å²) in [7, 11) is 1.53. The number of carbonyl (C=O) groups excluding carboxylic acids is 1. The van der Waals surface area contributed by atoms with Crippen LogP contribution in [0.5, 0.6) is 11.5 Å². The molecule has 26 heavy (non-hydrogen) atoms. The minimum absolute atomic E-state index is 0.309. The first kappa shape index (κ1) is 17.8. The van der Waals surface area contributed by atoms with Crippen molar-refractivity contribution in [3.63, 3.8) is 0 Å². The maximum atomic E-state index is 12.4. The first-order valence-corrected chi connectivity index (χ1v) is 8.42. The summed E-state index contributed by atoms with van der Waals surface area (Å²) in [6, 6.07) is 14.2. The summed E-state index contributed by atoms with van der Waals surface area (Å²) in [6.45, 7) is 2.55. The number of H-pyrrole nitrogens is 1. The minimum Gasteiger partial charge on any atom is -0.495 e. The van der Waals surface area contributed by atoms with Crippen LogP contribution < -0.4 is 14.8 Å². The van der Waals surface area contributed by atoms with E-state index in [9.17, 15) is 4.79 Å². The van der Waals surface area contributed by atoms with E-state index in [1.165, 1.54) is 7.11 Å². The largest absolute Gasteiger partial charge is 0.495 e. The molecule has 0 bridgehead atoms. The summed E-state index contributed by atoms with van der Waals surface area (Å²) < 4.78 is 10.5. The zero-order valence-electron chi connectivity index (χ0n) is 14.4. The van der Waals surface area contributed by atoms with E-state index in [4.69, 9.17) is 21.1 Å². The number of aromatic nitrogens is 2. The Hall–Kier alpha value is -2.99. The number of nitrogens with zero attached hydrogens (tertiary/aromatic N) is 1. The fourth-order valence-electron chi connectivity index (χ4n) is 2.42. The van der Waals surface area contributed by atoms with E-state index in [1.54, 1.807) is 24.3 Å². The van der Waals surface area contributed by atoms with Gasteiger partial charge in [0.05, 0.1) is 24.4 Å². The van der Waals surface area contributed by atoms with E-state index in [1.807, 2.05) is 31.2 Å². The molecule has 0 fully saturated rings. The van der Waals surface area contributed by atoms with Crippen molar-refractivity contribution in [3.05, 3.63) is 59.2 Å². The number of methoxy groups -OCH3 is 1. The number of rotatable bonds is 6. The van der Waals surface area contributed by atoms with Gasteiger partial charge in [-0.05, 0) is 55.5 Å². The number of hydrogen-bond donors (Lipinski definition) is 2. The molecule has 6 nitrogen and oxygen atoms in total. The van der Waals surface area contributed by atoms with Gasteiger partial charge in [-0.15, -0.1) is 0 Å². The van der Waals surface area contributed by atoms with Crippen molar-refractivity contribution in [3.8, 4) is 22.8 Å². The molecule has 0 aliphatic heterocycles. The number of hydrogen-bond acceptors (Lipinski definition) is 4. The molecule has 0 aliphatic rings. The first-order valence-electron chi connectivity index (χ1n) is 8.04. The third-order valence-electron chi connectivity index (χ3n) is 3.69. The van der Waals surface area contributed by atoms with Crippen molar-refractivity contribution >= 4 is 23.2 Å². The predicted molar refractivity (Wildman–Crippen MR) is 101 cm³/mol. The molecule has 2 N–H and O–H groups in total. The number of benzene rings is 2. The average Bonchev–Trinajstić information content (AvgIpc) is 3.13. The van der Waals surface area contributed by atoms with E-state index in [2.05, 4.69) is 15.5 Å². The van der Waals surface area contributed by atoms with Gasteiger partial charge in [-0.2, -0.15) is 5.10 Å². The topological polar surface area (TPSA) is 76.2 Å². The van der Waals surface area contributed by atoms with Gasteiger partial charge in [0.15, 0.2) is 0 Å². The van der Waals surface area contributed by atoms with Crippen LogP contribution in [0.1, 0.15) is 17.4 Å². The molecular formula is C19H18ClN3O3. The summed E-state index contributed by atoms with van der Waals surface area (Å²) in [5, 5.41) is 10.1. The van der Waals surface area contributed by atoms with Gasteiger partial charge >= 0.3 is 0 Å². The molecule has 3 aromatic rings. The van der Waals surface area contributed by atoms with Crippen LogP contribution in [0.2, 0.25) is 5.02 Å². The molecule has 1 amide bonds. The molecule has 1 heterocycles. The summed E-state index contributed by atoms with van der Waals surface area (Å²) in [5.74, 6) is 1.03. The lowest BCUT2D eigenvalue weighted by Gasteiger charge is -2.07. The van der Waals surface area contributed by atoms with Crippen LogP contribution in [0.3, 0.4) is 0 Å². The van der Waals surface area contributed by atoms with Crippen LogP contribution in [0.15, 0.2) is 48.5 Å². The van der Waals surface area contributed by atoms with Crippen molar-refractivity contribution in [1.82, 2.24) is 10.2 Å². The number of aromatic amines is 1. The monoisotopic (exact) mass is 371 g/mol. The molecule has 0 saturated heterocycles. The van der Waals surface area contributed by atoms with Gasteiger partial charge in [-0.3, -0.25) is 9.89 Å². The van der Waals surface area contributed by atoms with Crippen molar-refractivity contribution in [1.29, 1.82) is 0 Å². The number of amides is 1. The summed E-state index contributed by atoms with van der Waals surface area (Å²) in [5.41, 5.74) is 2.47. The zero-order chi connectivity index (χ0) is 18.5. The molecule has 134 valence electrons. The molecule has 0 atom stereocenters. The van der Waals surface area contributed by atoms with E-state index in [0.717, 1.165) is 11.3 Å². The summed E-state index contributed by atoms with van der Waals surface area (Å²) in [6.07, 6.45) is 0. The standard InChI is InChI=1S/C19H18ClN3O3/c1-3-26-14-7-4-12(5-8-14)16-11-17(23-22-16)19(24)21-13-6-9-18(25-2)15(20)10-13/h4-11H,3H2,1-2H3,(H,21,24)(H,22,23). The zero-order valence-corrected chi connectivity index (χ0v) is 15.1.